The lowest BCUT2D eigenvalue weighted by Crippen LogP contribution is -2.45. The molecule has 2 heterocycles. The molecule has 30 heavy (non-hydrogen) atoms. The highest BCUT2D eigenvalue weighted by molar-refractivity contribution is 5.89. The van der Waals surface area contributed by atoms with Crippen LogP contribution in [0.3, 0.4) is 0 Å². The van der Waals surface area contributed by atoms with Crippen molar-refractivity contribution >= 4 is 11.7 Å². The number of anilines is 1. The van der Waals surface area contributed by atoms with Crippen molar-refractivity contribution in [1.82, 2.24) is 19.8 Å². The van der Waals surface area contributed by atoms with Gasteiger partial charge < -0.3 is 15.2 Å². The van der Waals surface area contributed by atoms with E-state index in [1.54, 1.807) is 12.5 Å². The van der Waals surface area contributed by atoms with E-state index < -0.39 is 0 Å². The molecular formula is C23H26FN5O. The van der Waals surface area contributed by atoms with Gasteiger partial charge in [-0.1, -0.05) is 24.3 Å². The third kappa shape index (κ3) is 5.67. The second kappa shape index (κ2) is 9.54. The molecule has 0 aliphatic carbocycles. The number of aromatic nitrogens is 2. The highest BCUT2D eigenvalue weighted by Gasteiger charge is 2.20. The molecule has 7 heteroatoms. The summed E-state index contributed by atoms with van der Waals surface area (Å²) >= 11 is 0. The Kier molecular flexibility index (Phi) is 6.39. The normalized spacial score (nSPS) is 15.1. The van der Waals surface area contributed by atoms with Gasteiger partial charge in [0.1, 0.15) is 5.82 Å². The number of likely N-dealkylation sites (tertiary alicyclic amines) is 1. The maximum atomic E-state index is 13.0. The van der Waals surface area contributed by atoms with Gasteiger partial charge in [-0.05, 0) is 48.2 Å². The highest BCUT2D eigenvalue weighted by Crippen LogP contribution is 2.15. The maximum absolute atomic E-state index is 13.0. The molecule has 1 aromatic heterocycles. The Morgan fingerprint density at radius 1 is 1.00 bits per heavy atom. The van der Waals surface area contributed by atoms with Crippen molar-refractivity contribution in [3.63, 3.8) is 0 Å². The molecule has 1 aliphatic rings. The zero-order valence-electron chi connectivity index (χ0n) is 16.8. The summed E-state index contributed by atoms with van der Waals surface area (Å²) in [5, 5.41) is 5.98. The van der Waals surface area contributed by atoms with E-state index in [-0.39, 0.29) is 17.9 Å². The van der Waals surface area contributed by atoms with Crippen LogP contribution in [0.25, 0.3) is 0 Å². The minimum absolute atomic E-state index is 0.162. The number of benzene rings is 2. The monoisotopic (exact) mass is 407 g/mol. The predicted molar refractivity (Wildman–Crippen MR) is 115 cm³/mol. The number of amides is 2. The maximum Gasteiger partial charge on any atom is 0.319 e. The van der Waals surface area contributed by atoms with E-state index in [4.69, 9.17) is 0 Å². The average molecular weight is 407 g/mol. The Balaban J connectivity index is 1.19. The summed E-state index contributed by atoms with van der Waals surface area (Å²) in [5.74, 6) is -0.208. The van der Waals surface area contributed by atoms with Crippen LogP contribution in [-0.4, -0.2) is 39.6 Å². The number of nitrogens with zero attached hydrogens (tertiary/aromatic N) is 3. The number of halogens is 1. The zero-order valence-corrected chi connectivity index (χ0v) is 16.8. The van der Waals surface area contributed by atoms with Crippen LogP contribution in [0, 0.1) is 5.82 Å². The molecule has 0 unspecified atom stereocenters. The van der Waals surface area contributed by atoms with Gasteiger partial charge in [0.25, 0.3) is 0 Å². The van der Waals surface area contributed by atoms with Crippen molar-refractivity contribution in [3.05, 3.63) is 84.2 Å². The second-order valence-corrected chi connectivity index (χ2v) is 7.71. The predicted octanol–water partition coefficient (Wildman–Crippen LogP) is 3.86. The Morgan fingerprint density at radius 3 is 2.33 bits per heavy atom. The lowest BCUT2D eigenvalue weighted by Gasteiger charge is -2.32. The average Bonchev–Trinajstić information content (AvgIpc) is 3.26. The van der Waals surface area contributed by atoms with E-state index in [1.807, 2.05) is 47.2 Å². The Morgan fingerprint density at radius 2 is 1.67 bits per heavy atom. The van der Waals surface area contributed by atoms with Gasteiger partial charge in [0.05, 0.1) is 6.33 Å². The smallest absolute Gasteiger partial charge is 0.319 e. The van der Waals surface area contributed by atoms with E-state index in [1.165, 1.54) is 12.1 Å². The van der Waals surface area contributed by atoms with E-state index in [9.17, 15) is 9.18 Å². The summed E-state index contributed by atoms with van der Waals surface area (Å²) in [7, 11) is 0. The summed E-state index contributed by atoms with van der Waals surface area (Å²) < 4.78 is 15.0. The van der Waals surface area contributed by atoms with Gasteiger partial charge in [-0.25, -0.2) is 14.2 Å². The van der Waals surface area contributed by atoms with Gasteiger partial charge in [0.15, 0.2) is 0 Å². The number of carbonyl (C=O) groups is 1. The molecule has 1 saturated heterocycles. The minimum atomic E-state index is -0.208. The molecule has 2 amide bonds. The van der Waals surface area contributed by atoms with Crippen LogP contribution in [0.5, 0.6) is 0 Å². The van der Waals surface area contributed by atoms with Crippen molar-refractivity contribution in [1.29, 1.82) is 0 Å². The summed E-state index contributed by atoms with van der Waals surface area (Å²) in [4.78, 5) is 18.7. The first-order valence-electron chi connectivity index (χ1n) is 10.2. The number of carbonyl (C=O) groups excluding carboxylic acids is 1. The number of urea groups is 1. The third-order valence-electron chi connectivity index (χ3n) is 5.38. The number of rotatable bonds is 6. The van der Waals surface area contributed by atoms with Crippen molar-refractivity contribution in [3.8, 4) is 0 Å². The molecule has 2 aromatic carbocycles. The second-order valence-electron chi connectivity index (χ2n) is 7.71. The fraction of sp³-hybridized carbons (Fsp3) is 0.304. The van der Waals surface area contributed by atoms with E-state index >= 15 is 0 Å². The Labute approximate surface area is 175 Å². The van der Waals surface area contributed by atoms with E-state index in [2.05, 4.69) is 20.5 Å². The highest BCUT2D eigenvalue weighted by atomic mass is 19.1. The first kappa shape index (κ1) is 20.1. The zero-order chi connectivity index (χ0) is 20.8. The fourth-order valence-electron chi connectivity index (χ4n) is 3.72. The molecule has 0 bridgehead atoms. The first-order valence-corrected chi connectivity index (χ1v) is 10.2. The van der Waals surface area contributed by atoms with Crippen LogP contribution in [0.15, 0.2) is 67.3 Å². The van der Waals surface area contributed by atoms with Crippen LogP contribution in [0.4, 0.5) is 14.9 Å². The minimum Gasteiger partial charge on any atom is -0.335 e. The van der Waals surface area contributed by atoms with E-state index in [0.29, 0.717) is 0 Å². The molecular weight excluding hydrogens is 381 g/mol. The number of nitrogens with one attached hydrogen (secondary N) is 2. The summed E-state index contributed by atoms with van der Waals surface area (Å²) in [6.07, 6.45) is 7.26. The van der Waals surface area contributed by atoms with Gasteiger partial charge in [-0.2, -0.15) is 0 Å². The van der Waals surface area contributed by atoms with Gasteiger partial charge in [-0.3, -0.25) is 4.90 Å². The number of imidazole rings is 1. The van der Waals surface area contributed by atoms with Gasteiger partial charge in [0.2, 0.25) is 0 Å². The molecule has 0 spiro atoms. The van der Waals surface area contributed by atoms with Gasteiger partial charge >= 0.3 is 6.03 Å². The lowest BCUT2D eigenvalue weighted by atomic mass is 10.0. The fourth-order valence-corrected chi connectivity index (χ4v) is 3.72. The topological polar surface area (TPSA) is 62.2 Å². The number of hydrogen-bond donors (Lipinski definition) is 2. The third-order valence-corrected chi connectivity index (χ3v) is 5.38. The molecule has 156 valence electrons. The lowest BCUT2D eigenvalue weighted by molar-refractivity contribution is 0.190. The molecule has 2 N–H and O–H groups in total. The molecule has 0 radical (unpaired) electrons. The summed E-state index contributed by atoms with van der Waals surface area (Å²) in [5.41, 5.74) is 3.03. The number of hydrogen-bond acceptors (Lipinski definition) is 3. The van der Waals surface area contributed by atoms with Crippen molar-refractivity contribution in [2.45, 2.75) is 32.0 Å². The van der Waals surface area contributed by atoms with Crippen LogP contribution < -0.4 is 10.6 Å². The molecule has 3 aromatic rings. The van der Waals surface area contributed by atoms with Crippen LogP contribution in [0.2, 0.25) is 0 Å². The first-order chi connectivity index (χ1) is 14.6. The molecule has 6 nitrogen and oxygen atoms in total. The Bertz CT molecular complexity index is 933. The van der Waals surface area contributed by atoms with Crippen LogP contribution in [-0.2, 0) is 13.1 Å². The number of piperidine rings is 1. The molecule has 0 atom stereocenters. The molecule has 1 aliphatic heterocycles. The van der Waals surface area contributed by atoms with Gasteiger partial charge in [-0.15, -0.1) is 0 Å². The van der Waals surface area contributed by atoms with Crippen molar-refractivity contribution in [2.75, 3.05) is 18.4 Å². The molecule has 1 fully saturated rings. The van der Waals surface area contributed by atoms with Gasteiger partial charge in [0, 0.05) is 50.3 Å². The van der Waals surface area contributed by atoms with Crippen molar-refractivity contribution < 1.29 is 9.18 Å². The summed E-state index contributed by atoms with van der Waals surface area (Å²) in [6, 6.07) is 14.5. The summed E-state index contributed by atoms with van der Waals surface area (Å²) in [6.45, 7) is 3.38. The Hall–Kier alpha value is -3.19. The SMILES string of the molecule is O=C(Nc1ccc(Cn2ccnc2)cc1)NC1CCN(Cc2ccc(F)cc2)CC1. The van der Waals surface area contributed by atoms with Crippen LogP contribution in [0.1, 0.15) is 24.0 Å². The largest absolute Gasteiger partial charge is 0.335 e. The molecule has 4 rings (SSSR count). The standard InChI is InChI=1S/C23H26FN5O/c24-20-5-1-18(2-6-20)15-28-12-9-22(10-13-28)27-23(30)26-21-7-3-19(4-8-21)16-29-14-11-25-17-29/h1-8,11,14,17,22H,9-10,12-13,15-16H2,(H2,26,27,30). The quantitative estimate of drug-likeness (QED) is 0.652. The van der Waals surface area contributed by atoms with E-state index in [0.717, 1.165) is 55.8 Å². The van der Waals surface area contributed by atoms with Crippen LogP contribution >= 0.6 is 0 Å². The van der Waals surface area contributed by atoms with Crippen molar-refractivity contribution in [2.24, 2.45) is 0 Å². The molecule has 0 saturated carbocycles.